The minimum absolute atomic E-state index is 0.136. The van der Waals surface area contributed by atoms with Crippen LogP contribution in [0.3, 0.4) is 0 Å². The van der Waals surface area contributed by atoms with Crippen LogP contribution in [0.2, 0.25) is 5.02 Å². The van der Waals surface area contributed by atoms with Gasteiger partial charge in [-0.05, 0) is 31.4 Å². The lowest BCUT2D eigenvalue weighted by Gasteiger charge is -2.33. The molecule has 28 heavy (non-hydrogen) atoms. The Morgan fingerprint density at radius 1 is 1.36 bits per heavy atom. The van der Waals surface area contributed by atoms with Crippen LogP contribution >= 0.6 is 11.6 Å². The van der Waals surface area contributed by atoms with Crippen LogP contribution in [0.5, 0.6) is 0 Å². The molecular weight excluding hydrogens is 372 g/mol. The highest BCUT2D eigenvalue weighted by Gasteiger charge is 2.27. The lowest BCUT2D eigenvalue weighted by atomic mass is 9.89. The minimum Gasteiger partial charge on any atom is -0.373 e. The fraction of sp³-hybridized carbons (Fsp3) is 0.500. The Hall–Kier alpha value is -1.98. The molecule has 0 saturated carbocycles. The van der Waals surface area contributed by atoms with Crippen LogP contribution in [0, 0.1) is 12.8 Å². The van der Waals surface area contributed by atoms with Gasteiger partial charge in [-0.15, -0.1) is 0 Å². The zero-order valence-electron chi connectivity index (χ0n) is 17.3. The summed E-state index contributed by atoms with van der Waals surface area (Å²) in [5.41, 5.74) is 3.69. The molecule has 1 aliphatic rings. The minimum atomic E-state index is 0.136. The molecule has 6 heteroatoms. The highest BCUT2D eigenvalue weighted by Crippen LogP contribution is 2.33. The predicted octanol–water partition coefficient (Wildman–Crippen LogP) is 4.16. The number of nitrogens with one attached hydrogen (secondary N) is 1. The summed E-state index contributed by atoms with van der Waals surface area (Å²) in [5.74, 6) is 1.30. The van der Waals surface area contributed by atoms with E-state index in [-0.39, 0.29) is 6.10 Å². The second-order valence-electron chi connectivity index (χ2n) is 7.65. The first kappa shape index (κ1) is 20.7. The van der Waals surface area contributed by atoms with Crippen molar-refractivity contribution in [2.75, 3.05) is 27.2 Å². The van der Waals surface area contributed by atoms with E-state index in [0.717, 1.165) is 49.2 Å². The number of halogens is 1. The zero-order chi connectivity index (χ0) is 20.1. The number of aryl methyl sites for hydroxylation is 2. The van der Waals surface area contributed by atoms with Crippen molar-refractivity contribution in [3.63, 3.8) is 0 Å². The van der Waals surface area contributed by atoms with E-state index in [1.54, 1.807) is 0 Å². The van der Waals surface area contributed by atoms with Crippen LogP contribution < -0.4 is 5.32 Å². The number of rotatable bonds is 5. The molecule has 1 saturated heterocycles. The molecule has 2 atom stereocenters. The van der Waals surface area contributed by atoms with Crippen molar-refractivity contribution in [1.29, 1.82) is 0 Å². The van der Waals surface area contributed by atoms with Crippen molar-refractivity contribution in [2.24, 2.45) is 18.0 Å². The van der Waals surface area contributed by atoms with Crippen LogP contribution in [-0.2, 0) is 18.3 Å². The first-order chi connectivity index (χ1) is 13.5. The van der Waals surface area contributed by atoms with E-state index < -0.39 is 0 Å². The van der Waals surface area contributed by atoms with Crippen molar-refractivity contribution >= 4 is 17.6 Å². The highest BCUT2D eigenvalue weighted by molar-refractivity contribution is 6.30. The number of ether oxygens (including phenoxy) is 1. The Morgan fingerprint density at radius 2 is 2.11 bits per heavy atom. The third-order valence-corrected chi connectivity index (χ3v) is 5.63. The molecule has 3 rings (SSSR count). The van der Waals surface area contributed by atoms with Gasteiger partial charge in [0.05, 0.1) is 17.7 Å². The Labute approximate surface area is 173 Å². The quantitative estimate of drug-likeness (QED) is 0.603. The summed E-state index contributed by atoms with van der Waals surface area (Å²) in [7, 11) is 5.88. The number of nitrogens with zero attached hydrogens (tertiary/aromatic N) is 3. The summed E-state index contributed by atoms with van der Waals surface area (Å²) in [6.07, 6.45) is 4.31. The molecule has 1 N–H and O–H groups in total. The summed E-state index contributed by atoms with van der Waals surface area (Å²) in [6, 6.07) is 10.7. The van der Waals surface area contributed by atoms with Crippen LogP contribution in [-0.4, -0.2) is 42.7 Å². The van der Waals surface area contributed by atoms with E-state index in [2.05, 4.69) is 51.0 Å². The molecule has 0 bridgehead atoms. The molecule has 2 aromatic rings. The Balaban J connectivity index is 1.62. The molecule has 1 aromatic heterocycles. The van der Waals surface area contributed by atoms with Gasteiger partial charge in [-0.25, -0.2) is 0 Å². The van der Waals surface area contributed by atoms with Gasteiger partial charge in [0.15, 0.2) is 5.96 Å². The van der Waals surface area contributed by atoms with Crippen LogP contribution in [0.15, 0.2) is 41.5 Å². The molecule has 0 spiro atoms. The largest absolute Gasteiger partial charge is 0.373 e. The lowest BCUT2D eigenvalue weighted by molar-refractivity contribution is -0.0266. The number of guanidine groups is 1. The van der Waals surface area contributed by atoms with E-state index in [1.807, 2.05) is 33.4 Å². The van der Waals surface area contributed by atoms with E-state index in [1.165, 1.54) is 11.1 Å². The summed E-state index contributed by atoms with van der Waals surface area (Å²) >= 11 is 6.11. The molecule has 0 aliphatic carbocycles. The van der Waals surface area contributed by atoms with Crippen LogP contribution in [0.1, 0.15) is 35.8 Å². The molecule has 152 valence electrons. The van der Waals surface area contributed by atoms with Crippen molar-refractivity contribution in [1.82, 2.24) is 14.8 Å². The monoisotopic (exact) mass is 402 g/mol. The SMILES string of the molecule is CN=C(NCC1CCCOC1c1ccc(C)cc1)N(C)Cc1cc(Cl)cn1C. The topological polar surface area (TPSA) is 41.8 Å². The van der Waals surface area contributed by atoms with Gasteiger partial charge in [0.2, 0.25) is 0 Å². The average molecular weight is 403 g/mol. The third-order valence-electron chi connectivity index (χ3n) is 5.42. The van der Waals surface area contributed by atoms with Crippen molar-refractivity contribution in [2.45, 2.75) is 32.4 Å². The summed E-state index contributed by atoms with van der Waals surface area (Å²) < 4.78 is 8.20. The molecule has 0 amide bonds. The first-order valence-corrected chi connectivity index (χ1v) is 10.3. The van der Waals surface area contributed by atoms with Gasteiger partial charge in [-0.3, -0.25) is 4.99 Å². The second-order valence-corrected chi connectivity index (χ2v) is 8.09. The second kappa shape index (κ2) is 9.48. The van der Waals surface area contributed by atoms with Gasteiger partial charge in [0.1, 0.15) is 0 Å². The molecular formula is C22H31ClN4O. The van der Waals surface area contributed by atoms with E-state index in [9.17, 15) is 0 Å². The molecule has 1 aromatic carbocycles. The van der Waals surface area contributed by atoms with Crippen LogP contribution in [0.25, 0.3) is 0 Å². The lowest BCUT2D eigenvalue weighted by Crippen LogP contribution is -2.42. The van der Waals surface area contributed by atoms with Crippen LogP contribution in [0.4, 0.5) is 0 Å². The van der Waals surface area contributed by atoms with Gasteiger partial charge in [-0.2, -0.15) is 0 Å². The number of benzene rings is 1. The maximum Gasteiger partial charge on any atom is 0.193 e. The van der Waals surface area contributed by atoms with Crippen molar-refractivity contribution < 1.29 is 4.74 Å². The average Bonchev–Trinajstić information content (AvgIpc) is 3.00. The molecule has 2 unspecified atom stereocenters. The maximum absolute atomic E-state index is 6.15. The number of aromatic nitrogens is 1. The Morgan fingerprint density at radius 3 is 2.75 bits per heavy atom. The van der Waals surface area contributed by atoms with Gasteiger partial charge in [0, 0.05) is 52.1 Å². The summed E-state index contributed by atoms with van der Waals surface area (Å²) in [6.45, 7) is 4.52. The number of hydrogen-bond acceptors (Lipinski definition) is 2. The fourth-order valence-electron chi connectivity index (χ4n) is 3.83. The van der Waals surface area contributed by atoms with E-state index in [0.29, 0.717) is 5.92 Å². The van der Waals surface area contributed by atoms with E-state index >= 15 is 0 Å². The standard InChI is InChI=1S/C22H31ClN4O/c1-16-7-9-17(10-8-16)21-18(6-5-11-28-21)13-25-22(24-2)27(4)15-20-12-19(23)14-26(20)3/h7-10,12,14,18,21H,5-6,11,13,15H2,1-4H3,(H,24,25). The van der Waals surface area contributed by atoms with Crippen molar-refractivity contribution in [3.05, 3.63) is 58.4 Å². The Bertz CT molecular complexity index is 799. The van der Waals surface area contributed by atoms with Gasteiger partial charge < -0.3 is 19.5 Å². The highest BCUT2D eigenvalue weighted by atomic mass is 35.5. The Kier molecular flexibility index (Phi) is 7.03. The maximum atomic E-state index is 6.15. The van der Waals surface area contributed by atoms with Gasteiger partial charge in [0.25, 0.3) is 0 Å². The molecule has 5 nitrogen and oxygen atoms in total. The molecule has 0 radical (unpaired) electrons. The van der Waals surface area contributed by atoms with E-state index in [4.69, 9.17) is 16.3 Å². The molecule has 2 heterocycles. The van der Waals surface area contributed by atoms with Crippen molar-refractivity contribution in [3.8, 4) is 0 Å². The molecule has 1 fully saturated rings. The summed E-state index contributed by atoms with van der Waals surface area (Å²) in [4.78, 5) is 6.58. The smallest absolute Gasteiger partial charge is 0.193 e. The predicted molar refractivity (Wildman–Crippen MR) is 116 cm³/mol. The number of hydrogen-bond donors (Lipinski definition) is 1. The van der Waals surface area contributed by atoms with Gasteiger partial charge >= 0.3 is 0 Å². The molecule has 1 aliphatic heterocycles. The summed E-state index contributed by atoms with van der Waals surface area (Å²) in [5, 5.41) is 4.31. The zero-order valence-corrected chi connectivity index (χ0v) is 18.0. The number of aliphatic imine (C=N–C) groups is 1. The normalized spacial score (nSPS) is 20.2. The third kappa shape index (κ3) is 5.09. The van der Waals surface area contributed by atoms with Gasteiger partial charge in [-0.1, -0.05) is 41.4 Å². The first-order valence-electron chi connectivity index (χ1n) is 9.88. The fourth-order valence-corrected chi connectivity index (χ4v) is 4.10.